The molecular weight excluding hydrogens is 430 g/mol. The SMILES string of the molecule is CC(C)CC(C)(C)c1ccc(C(C)(C)NNc2c([N+](=O)[O-])cc([N+](=O)[O-])cc2[N+](=O)[O-])cc1. The lowest BCUT2D eigenvalue weighted by Crippen LogP contribution is -2.41. The molecule has 2 aromatic rings. The van der Waals surface area contributed by atoms with Crippen molar-refractivity contribution >= 4 is 22.7 Å². The molecular formula is C22H29N5O6. The molecule has 11 heteroatoms. The van der Waals surface area contributed by atoms with Crippen LogP contribution in [0.2, 0.25) is 0 Å². The Labute approximate surface area is 191 Å². The van der Waals surface area contributed by atoms with Crippen molar-refractivity contribution in [1.82, 2.24) is 5.43 Å². The first-order chi connectivity index (χ1) is 15.2. The third kappa shape index (κ3) is 6.01. The van der Waals surface area contributed by atoms with Gasteiger partial charge in [-0.25, -0.2) is 5.43 Å². The number of nitrogens with zero attached hydrogens (tertiary/aromatic N) is 3. The van der Waals surface area contributed by atoms with Gasteiger partial charge in [0.2, 0.25) is 5.69 Å². The van der Waals surface area contributed by atoms with Gasteiger partial charge in [0.25, 0.3) is 5.69 Å². The Morgan fingerprint density at radius 2 is 1.27 bits per heavy atom. The van der Waals surface area contributed by atoms with E-state index >= 15 is 0 Å². The molecule has 0 bridgehead atoms. The largest absolute Gasteiger partial charge is 0.309 e. The van der Waals surface area contributed by atoms with Crippen LogP contribution in [0.15, 0.2) is 36.4 Å². The molecule has 0 amide bonds. The second-order valence-electron chi connectivity index (χ2n) is 9.56. The molecule has 0 fully saturated rings. The van der Waals surface area contributed by atoms with Crippen LogP contribution < -0.4 is 10.9 Å². The van der Waals surface area contributed by atoms with Crippen molar-refractivity contribution in [3.63, 3.8) is 0 Å². The van der Waals surface area contributed by atoms with Gasteiger partial charge in [-0.3, -0.25) is 30.3 Å². The predicted octanol–water partition coefficient (Wildman–Crippen LogP) is 5.59. The fourth-order valence-electron chi connectivity index (χ4n) is 3.89. The van der Waals surface area contributed by atoms with Crippen LogP contribution in [-0.4, -0.2) is 14.8 Å². The highest BCUT2D eigenvalue weighted by atomic mass is 16.6. The van der Waals surface area contributed by atoms with E-state index < -0.39 is 43.1 Å². The summed E-state index contributed by atoms with van der Waals surface area (Å²) in [6.07, 6.45) is 1.02. The Hall–Kier alpha value is -3.60. The standard InChI is InChI=1S/C22H29N5O6/c1-14(2)13-21(3,4)15-7-9-16(10-8-15)22(5,6)24-23-20-18(26(30)31)11-17(25(28)29)12-19(20)27(32)33/h7-12,14,23-24H,13H2,1-6H3. The highest BCUT2D eigenvalue weighted by Gasteiger charge is 2.32. The maximum atomic E-state index is 11.5. The average Bonchev–Trinajstić information content (AvgIpc) is 2.70. The first-order valence-corrected chi connectivity index (χ1v) is 10.4. The number of nitro groups is 3. The zero-order valence-corrected chi connectivity index (χ0v) is 19.5. The van der Waals surface area contributed by atoms with Gasteiger partial charge in [-0.2, -0.15) is 0 Å². The molecule has 2 aromatic carbocycles. The Morgan fingerprint density at radius 1 is 0.818 bits per heavy atom. The molecule has 0 atom stereocenters. The molecule has 0 aliphatic carbocycles. The molecule has 2 rings (SSSR count). The fraction of sp³-hybridized carbons (Fsp3) is 0.455. The number of hydrazine groups is 1. The summed E-state index contributed by atoms with van der Waals surface area (Å²) in [6, 6.07) is 9.30. The molecule has 33 heavy (non-hydrogen) atoms. The maximum Gasteiger partial charge on any atom is 0.307 e. The van der Waals surface area contributed by atoms with Gasteiger partial charge < -0.3 is 5.43 Å². The van der Waals surface area contributed by atoms with E-state index in [-0.39, 0.29) is 5.41 Å². The summed E-state index contributed by atoms with van der Waals surface area (Å²) >= 11 is 0. The molecule has 0 spiro atoms. The van der Waals surface area contributed by atoms with Crippen molar-refractivity contribution < 1.29 is 14.8 Å². The van der Waals surface area contributed by atoms with Crippen molar-refractivity contribution in [3.05, 3.63) is 77.9 Å². The maximum absolute atomic E-state index is 11.5. The summed E-state index contributed by atoms with van der Waals surface area (Å²) in [5.41, 5.74) is 3.92. The van der Waals surface area contributed by atoms with Crippen molar-refractivity contribution in [3.8, 4) is 0 Å². The number of benzene rings is 2. The van der Waals surface area contributed by atoms with Crippen LogP contribution in [0.3, 0.4) is 0 Å². The highest BCUT2D eigenvalue weighted by molar-refractivity contribution is 5.76. The molecule has 0 heterocycles. The van der Waals surface area contributed by atoms with Gasteiger partial charge in [-0.15, -0.1) is 0 Å². The van der Waals surface area contributed by atoms with E-state index in [2.05, 4.69) is 38.5 Å². The zero-order valence-electron chi connectivity index (χ0n) is 19.5. The third-order valence-electron chi connectivity index (χ3n) is 5.49. The lowest BCUT2D eigenvalue weighted by molar-refractivity contribution is -0.401. The van der Waals surface area contributed by atoms with Crippen LogP contribution in [0.5, 0.6) is 0 Å². The monoisotopic (exact) mass is 459 g/mol. The molecule has 0 radical (unpaired) electrons. The van der Waals surface area contributed by atoms with Crippen molar-refractivity contribution in [2.75, 3.05) is 5.43 Å². The lowest BCUT2D eigenvalue weighted by Gasteiger charge is -2.30. The molecule has 0 saturated carbocycles. The van der Waals surface area contributed by atoms with Crippen LogP contribution >= 0.6 is 0 Å². The minimum Gasteiger partial charge on any atom is -0.309 e. The summed E-state index contributed by atoms with van der Waals surface area (Å²) in [6.45, 7) is 12.3. The smallest absolute Gasteiger partial charge is 0.307 e. The molecule has 2 N–H and O–H groups in total. The normalized spacial score (nSPS) is 12.0. The summed E-state index contributed by atoms with van der Waals surface area (Å²) < 4.78 is 0. The topological polar surface area (TPSA) is 153 Å². The first-order valence-electron chi connectivity index (χ1n) is 10.4. The van der Waals surface area contributed by atoms with Crippen LogP contribution in [0.1, 0.15) is 59.1 Å². The quantitative estimate of drug-likeness (QED) is 0.344. The number of hydrogen-bond acceptors (Lipinski definition) is 8. The summed E-state index contributed by atoms with van der Waals surface area (Å²) in [4.78, 5) is 31.3. The van der Waals surface area contributed by atoms with Gasteiger partial charge in [0.15, 0.2) is 0 Å². The molecule has 0 saturated heterocycles. The Balaban J connectivity index is 2.36. The Kier molecular flexibility index (Phi) is 7.38. The van der Waals surface area contributed by atoms with Crippen LogP contribution in [0.4, 0.5) is 22.7 Å². The highest BCUT2D eigenvalue weighted by Crippen LogP contribution is 2.38. The number of rotatable bonds is 10. The van der Waals surface area contributed by atoms with Crippen molar-refractivity contribution in [2.45, 2.75) is 58.9 Å². The van der Waals surface area contributed by atoms with E-state index in [1.807, 2.05) is 24.3 Å². The van der Waals surface area contributed by atoms with Gasteiger partial charge in [-0.05, 0) is 42.7 Å². The average molecular weight is 460 g/mol. The van der Waals surface area contributed by atoms with E-state index in [0.29, 0.717) is 18.1 Å². The van der Waals surface area contributed by atoms with E-state index in [0.717, 1.165) is 12.0 Å². The molecule has 11 nitrogen and oxygen atoms in total. The number of nitrogens with one attached hydrogen (secondary N) is 2. The lowest BCUT2D eigenvalue weighted by atomic mass is 9.77. The number of anilines is 1. The van der Waals surface area contributed by atoms with E-state index in [1.54, 1.807) is 13.8 Å². The minimum atomic E-state index is -0.913. The molecule has 0 aliphatic rings. The molecule has 0 aromatic heterocycles. The molecule has 178 valence electrons. The second kappa shape index (κ2) is 9.49. The van der Waals surface area contributed by atoms with E-state index in [4.69, 9.17) is 0 Å². The Bertz CT molecular complexity index is 1030. The first kappa shape index (κ1) is 25.7. The van der Waals surface area contributed by atoms with Crippen molar-refractivity contribution in [2.24, 2.45) is 5.92 Å². The van der Waals surface area contributed by atoms with E-state index in [9.17, 15) is 30.3 Å². The van der Waals surface area contributed by atoms with Crippen LogP contribution in [0, 0.1) is 36.3 Å². The van der Waals surface area contributed by atoms with Crippen LogP contribution in [0.25, 0.3) is 0 Å². The molecule has 0 aliphatic heterocycles. The van der Waals surface area contributed by atoms with Crippen molar-refractivity contribution in [1.29, 1.82) is 0 Å². The van der Waals surface area contributed by atoms with Crippen LogP contribution in [-0.2, 0) is 11.0 Å². The summed E-state index contributed by atoms with van der Waals surface area (Å²) in [7, 11) is 0. The second-order valence-corrected chi connectivity index (χ2v) is 9.56. The third-order valence-corrected chi connectivity index (χ3v) is 5.49. The fourth-order valence-corrected chi connectivity index (χ4v) is 3.89. The number of nitro benzene ring substituents is 3. The predicted molar refractivity (Wildman–Crippen MR) is 125 cm³/mol. The van der Waals surface area contributed by atoms with Gasteiger partial charge in [0, 0.05) is 0 Å². The number of hydrogen-bond donors (Lipinski definition) is 2. The van der Waals surface area contributed by atoms with Gasteiger partial charge in [0.1, 0.15) is 0 Å². The molecule has 0 unspecified atom stereocenters. The Morgan fingerprint density at radius 3 is 1.67 bits per heavy atom. The number of non-ortho nitro benzene ring substituents is 1. The zero-order chi connectivity index (χ0) is 25.1. The van der Waals surface area contributed by atoms with E-state index in [1.165, 1.54) is 5.56 Å². The summed E-state index contributed by atoms with van der Waals surface area (Å²) in [5, 5.41) is 34.0. The van der Waals surface area contributed by atoms with Gasteiger partial charge in [0.05, 0.1) is 32.4 Å². The summed E-state index contributed by atoms with van der Waals surface area (Å²) in [5.74, 6) is 0.537. The van der Waals surface area contributed by atoms with Gasteiger partial charge >= 0.3 is 11.4 Å². The van der Waals surface area contributed by atoms with Gasteiger partial charge in [-0.1, -0.05) is 52.0 Å². The minimum absolute atomic E-state index is 0.0114.